The lowest BCUT2D eigenvalue weighted by Crippen LogP contribution is -2.10. The average Bonchev–Trinajstić information content (AvgIpc) is 1.50. The normalized spacial score (nSPS) is 12.2. The molecule has 97 heavy (non-hydrogen) atoms. The van der Waals surface area contributed by atoms with Crippen molar-refractivity contribution in [3.63, 3.8) is 0 Å². The molecular weight excluding hydrogens is 1180 g/mol. The first-order valence-electron chi connectivity index (χ1n) is 33.2. The summed E-state index contributed by atoms with van der Waals surface area (Å²) in [5.74, 6) is 0.853. The molecule has 6 heteroatoms. The third kappa shape index (κ3) is 8.08. The Labute approximate surface area is 558 Å². The minimum atomic E-state index is 0.822. The first-order valence-corrected chi connectivity index (χ1v) is 33.2. The van der Waals surface area contributed by atoms with Crippen molar-refractivity contribution in [2.24, 2.45) is 0 Å². The van der Waals surface area contributed by atoms with Crippen molar-refractivity contribution in [2.75, 3.05) is 9.80 Å². The number of hydrogen-bond acceptors (Lipinski definition) is 4. The molecule has 0 saturated carbocycles. The summed E-state index contributed by atoms with van der Waals surface area (Å²) in [5.41, 5.74) is 26.0. The van der Waals surface area contributed by atoms with E-state index >= 15 is 0 Å². The van der Waals surface area contributed by atoms with Crippen LogP contribution in [0.5, 0.6) is 0 Å². The van der Waals surface area contributed by atoms with Crippen LogP contribution >= 0.6 is 0 Å². The number of para-hydroxylation sites is 5. The molecule has 6 heterocycles. The van der Waals surface area contributed by atoms with E-state index in [1.54, 1.807) is 0 Å². The first-order chi connectivity index (χ1) is 48.0. The molecule has 454 valence electrons. The molecule has 0 aliphatic heterocycles. The Morgan fingerprint density at radius 2 is 0.711 bits per heavy atom. The van der Waals surface area contributed by atoms with Gasteiger partial charge in [-0.15, -0.1) is 0 Å². The predicted octanol–water partition coefficient (Wildman–Crippen LogP) is 25.7. The Bertz CT molecular complexity index is 6560. The van der Waals surface area contributed by atoms with Crippen LogP contribution in [0, 0.1) is 6.92 Å². The lowest BCUT2D eigenvalue weighted by Gasteiger charge is -2.26. The second-order valence-corrected chi connectivity index (χ2v) is 25.5. The molecule has 0 bridgehead atoms. The third-order valence-corrected chi connectivity index (χ3v) is 20.3. The molecule has 0 unspecified atom stereocenters. The van der Waals surface area contributed by atoms with Crippen LogP contribution in [0.2, 0.25) is 0 Å². The summed E-state index contributed by atoms with van der Waals surface area (Å²) >= 11 is 0. The van der Waals surface area contributed by atoms with Gasteiger partial charge in [0.1, 0.15) is 11.3 Å². The highest BCUT2D eigenvalue weighted by Gasteiger charge is 2.32. The van der Waals surface area contributed by atoms with E-state index in [0.717, 1.165) is 117 Å². The summed E-state index contributed by atoms with van der Waals surface area (Å²) in [4.78, 5) is 4.75. The molecule has 6 aromatic heterocycles. The standard InChI is InChI=1S/C91H58N4O2/c1-3-4-31-67-56(2)96-90-71(67)35-21-39-79(90)92(63-46-42-59(43-47-63)57-23-9-5-10-24-57)65-50-52-77-75(54-65)69-33-19-37-73-84-83(62-29-15-8-16-30-62)89-85(82(61-27-13-7-14-28-61)88(84)94(77)86(69)73)74-38-20-34-70-76-55-66(51-53-78(76)95(89)87(70)74)93(64-48-44-60(45-49-64)58-25-11-6-12-26-58)80-40-22-36-72-68-32-17-18-41-81(68)97-91(72)80/h3-55H,1H2,2H3/b31-4-. The summed E-state index contributed by atoms with van der Waals surface area (Å²) in [7, 11) is 0. The number of rotatable bonds is 12. The van der Waals surface area contributed by atoms with Crippen LogP contribution in [0.1, 0.15) is 11.3 Å². The molecule has 0 spiro atoms. The Hall–Kier alpha value is -12.9. The van der Waals surface area contributed by atoms with Gasteiger partial charge in [-0.3, -0.25) is 0 Å². The van der Waals surface area contributed by atoms with Gasteiger partial charge in [0.15, 0.2) is 11.2 Å². The minimum absolute atomic E-state index is 0.822. The SMILES string of the molecule is C=C/C=C\c1c(C)oc2c(N(c3ccc(-c4ccccc4)cc3)c3ccc4c(c3)c3cccc5c6c(-c7ccccc7)c7c(c(-c8ccccc8)c6n4c35)c3cccc4c5cc(N(c6ccc(-c8ccccc8)cc6)c6cccc8c6oc6ccccc68)ccc5n7c43)cccc12. The molecule has 0 aliphatic rings. The van der Waals surface area contributed by atoms with Crippen molar-refractivity contribution >= 4 is 149 Å². The number of benzene rings is 14. The Balaban J connectivity index is 0.847. The van der Waals surface area contributed by atoms with E-state index in [0.29, 0.717) is 0 Å². The number of fused-ring (bicyclic) bond motifs is 16. The number of nitrogens with zero attached hydrogens (tertiary/aromatic N) is 4. The van der Waals surface area contributed by atoms with Crippen LogP contribution in [0.25, 0.3) is 160 Å². The van der Waals surface area contributed by atoms with Gasteiger partial charge in [0, 0.05) is 98.7 Å². The molecule has 20 aromatic rings. The first kappa shape index (κ1) is 54.6. The fourth-order valence-electron chi connectivity index (χ4n) is 16.1. The maximum atomic E-state index is 6.86. The van der Waals surface area contributed by atoms with Gasteiger partial charge in [0.2, 0.25) is 0 Å². The molecule has 0 atom stereocenters. The predicted molar refractivity (Wildman–Crippen MR) is 408 cm³/mol. The molecule has 0 saturated heterocycles. The fraction of sp³-hybridized carbons (Fsp3) is 0.0110. The second kappa shape index (κ2) is 21.3. The van der Waals surface area contributed by atoms with Gasteiger partial charge >= 0.3 is 0 Å². The Morgan fingerprint density at radius 3 is 1.21 bits per heavy atom. The van der Waals surface area contributed by atoms with Crippen molar-refractivity contribution in [3.8, 4) is 44.5 Å². The number of allylic oxidation sites excluding steroid dienone is 2. The van der Waals surface area contributed by atoms with E-state index in [9.17, 15) is 0 Å². The van der Waals surface area contributed by atoms with Gasteiger partial charge in [-0.25, -0.2) is 0 Å². The van der Waals surface area contributed by atoms with E-state index in [1.807, 2.05) is 25.1 Å². The van der Waals surface area contributed by atoms with Gasteiger partial charge < -0.3 is 27.4 Å². The monoisotopic (exact) mass is 1240 g/mol. The summed E-state index contributed by atoms with van der Waals surface area (Å²) in [6, 6.07) is 111. The van der Waals surface area contributed by atoms with E-state index in [1.165, 1.54) is 82.0 Å². The molecule has 14 aromatic carbocycles. The number of furan rings is 2. The lowest BCUT2D eigenvalue weighted by molar-refractivity contribution is 0.578. The third-order valence-electron chi connectivity index (χ3n) is 20.3. The summed E-state index contributed by atoms with van der Waals surface area (Å²) < 4.78 is 18.9. The second-order valence-electron chi connectivity index (χ2n) is 25.5. The zero-order valence-electron chi connectivity index (χ0n) is 52.9. The smallest absolute Gasteiger partial charge is 0.159 e. The highest BCUT2D eigenvalue weighted by atomic mass is 16.3. The van der Waals surface area contributed by atoms with E-state index in [-0.39, 0.29) is 0 Å². The van der Waals surface area contributed by atoms with Gasteiger partial charge in [-0.1, -0.05) is 249 Å². The number of aromatic nitrogens is 2. The van der Waals surface area contributed by atoms with Crippen molar-refractivity contribution in [3.05, 3.63) is 333 Å². The summed E-state index contributed by atoms with van der Waals surface area (Å²) in [5, 5.41) is 12.8. The largest absolute Gasteiger partial charge is 0.459 e. The maximum absolute atomic E-state index is 6.86. The minimum Gasteiger partial charge on any atom is -0.459 e. The van der Waals surface area contributed by atoms with E-state index < -0.39 is 0 Å². The molecule has 0 amide bonds. The van der Waals surface area contributed by atoms with Gasteiger partial charge in [0.25, 0.3) is 0 Å². The molecular formula is C91H58N4O2. The molecule has 0 N–H and O–H groups in total. The zero-order chi connectivity index (χ0) is 64.0. The highest BCUT2D eigenvalue weighted by Crippen LogP contribution is 2.56. The van der Waals surface area contributed by atoms with Crippen molar-refractivity contribution in [1.29, 1.82) is 0 Å². The van der Waals surface area contributed by atoms with Crippen LogP contribution in [-0.4, -0.2) is 8.80 Å². The molecule has 0 aliphatic carbocycles. The summed E-state index contributed by atoms with van der Waals surface area (Å²) in [6.07, 6.45) is 5.89. The maximum Gasteiger partial charge on any atom is 0.159 e. The van der Waals surface area contributed by atoms with Crippen LogP contribution < -0.4 is 9.80 Å². The van der Waals surface area contributed by atoms with Crippen molar-refractivity contribution in [1.82, 2.24) is 8.80 Å². The molecule has 0 radical (unpaired) electrons. The Morgan fingerprint density at radius 1 is 0.320 bits per heavy atom. The van der Waals surface area contributed by atoms with Crippen LogP contribution in [0.3, 0.4) is 0 Å². The average molecular weight is 1240 g/mol. The van der Waals surface area contributed by atoms with Gasteiger partial charge in [-0.2, -0.15) is 0 Å². The Kier molecular flexibility index (Phi) is 12.0. The zero-order valence-corrected chi connectivity index (χ0v) is 52.9. The number of aryl methyl sites for hydroxylation is 1. The van der Waals surface area contributed by atoms with E-state index in [4.69, 9.17) is 8.83 Å². The molecule has 20 rings (SSSR count). The van der Waals surface area contributed by atoms with Crippen molar-refractivity contribution < 1.29 is 8.83 Å². The topological polar surface area (TPSA) is 41.6 Å². The van der Waals surface area contributed by atoms with E-state index in [2.05, 4.69) is 329 Å². The lowest BCUT2D eigenvalue weighted by atomic mass is 9.89. The molecule has 6 nitrogen and oxygen atoms in total. The highest BCUT2D eigenvalue weighted by molar-refractivity contribution is 6.38. The van der Waals surface area contributed by atoms with Gasteiger partial charge in [-0.05, 0) is 119 Å². The van der Waals surface area contributed by atoms with Crippen LogP contribution in [-0.2, 0) is 0 Å². The summed E-state index contributed by atoms with van der Waals surface area (Å²) in [6.45, 7) is 6.03. The molecule has 0 fully saturated rings. The van der Waals surface area contributed by atoms with Gasteiger partial charge in [0.05, 0.1) is 44.5 Å². The number of anilines is 6. The van der Waals surface area contributed by atoms with Crippen LogP contribution in [0.4, 0.5) is 34.1 Å². The fourth-order valence-corrected chi connectivity index (χ4v) is 16.1. The van der Waals surface area contributed by atoms with Crippen LogP contribution in [0.15, 0.2) is 331 Å². The number of hydrogen-bond donors (Lipinski definition) is 0. The quantitative estimate of drug-likeness (QED) is 0.114. The van der Waals surface area contributed by atoms with Crippen molar-refractivity contribution in [2.45, 2.75) is 6.92 Å².